The van der Waals surface area contributed by atoms with Crippen LogP contribution in [-0.4, -0.2) is 12.5 Å². The van der Waals surface area contributed by atoms with Gasteiger partial charge in [-0.2, -0.15) is 0 Å². The molecule has 0 saturated carbocycles. The van der Waals surface area contributed by atoms with Gasteiger partial charge in [0.25, 0.3) is 5.91 Å². The molecule has 0 aromatic heterocycles. The van der Waals surface area contributed by atoms with Gasteiger partial charge in [-0.25, -0.2) is 0 Å². The molecule has 4 heteroatoms. The Morgan fingerprint density at radius 2 is 1.95 bits per heavy atom. The lowest BCUT2D eigenvalue weighted by atomic mass is 10.1. The van der Waals surface area contributed by atoms with Crippen LogP contribution in [0, 0.1) is 6.92 Å². The van der Waals surface area contributed by atoms with Gasteiger partial charge in [0.2, 0.25) is 0 Å². The Bertz CT molecular complexity index is 624. The maximum atomic E-state index is 11.8. The Kier molecular flexibility index (Phi) is 4.25. The lowest BCUT2D eigenvalue weighted by Gasteiger charge is -2.12. The number of ether oxygens (including phenoxy) is 1. The zero-order valence-electron chi connectivity index (χ0n) is 11.6. The Morgan fingerprint density at radius 1 is 1.20 bits per heavy atom. The second kappa shape index (κ2) is 6.10. The van der Waals surface area contributed by atoms with Crippen molar-refractivity contribution in [3.05, 3.63) is 53.6 Å². The van der Waals surface area contributed by atoms with E-state index in [1.54, 1.807) is 18.2 Å². The van der Waals surface area contributed by atoms with E-state index < -0.39 is 0 Å². The van der Waals surface area contributed by atoms with Gasteiger partial charge in [0.15, 0.2) is 5.75 Å². The highest BCUT2D eigenvalue weighted by atomic mass is 16.5. The Hall–Kier alpha value is -2.49. The van der Waals surface area contributed by atoms with Gasteiger partial charge < -0.3 is 15.8 Å². The molecular weight excluding hydrogens is 252 g/mol. The summed E-state index contributed by atoms with van der Waals surface area (Å²) in [6.07, 6.45) is 0. The van der Waals surface area contributed by atoms with Crippen LogP contribution in [0.4, 0.5) is 5.69 Å². The summed E-state index contributed by atoms with van der Waals surface area (Å²) in [6, 6.07) is 12.7. The minimum Gasteiger partial charge on any atom is -0.455 e. The van der Waals surface area contributed by atoms with Crippen LogP contribution in [0.2, 0.25) is 0 Å². The molecule has 0 unspecified atom stereocenters. The quantitative estimate of drug-likeness (QED) is 0.839. The van der Waals surface area contributed by atoms with Crippen molar-refractivity contribution in [1.29, 1.82) is 0 Å². The van der Waals surface area contributed by atoms with Crippen LogP contribution in [0.1, 0.15) is 22.8 Å². The summed E-state index contributed by atoms with van der Waals surface area (Å²) < 4.78 is 5.80. The maximum Gasteiger partial charge on any atom is 0.251 e. The Morgan fingerprint density at radius 3 is 2.65 bits per heavy atom. The first kappa shape index (κ1) is 13.9. The number of hydrogen-bond donors (Lipinski definition) is 2. The highest BCUT2D eigenvalue weighted by Crippen LogP contribution is 2.30. The molecule has 4 nitrogen and oxygen atoms in total. The Balaban J connectivity index is 2.30. The van der Waals surface area contributed by atoms with Crippen molar-refractivity contribution in [1.82, 2.24) is 5.32 Å². The molecule has 3 N–H and O–H groups in total. The van der Waals surface area contributed by atoms with Gasteiger partial charge in [-0.3, -0.25) is 4.79 Å². The maximum absolute atomic E-state index is 11.8. The van der Waals surface area contributed by atoms with Crippen molar-refractivity contribution >= 4 is 11.6 Å². The first-order valence-electron chi connectivity index (χ1n) is 6.53. The molecule has 0 aliphatic heterocycles. The fourth-order valence-corrected chi connectivity index (χ4v) is 1.82. The molecule has 0 bridgehead atoms. The van der Waals surface area contributed by atoms with Crippen molar-refractivity contribution in [2.75, 3.05) is 12.3 Å². The molecule has 0 radical (unpaired) electrons. The molecule has 0 heterocycles. The average Bonchev–Trinajstić information content (AvgIpc) is 2.44. The zero-order valence-corrected chi connectivity index (χ0v) is 11.6. The summed E-state index contributed by atoms with van der Waals surface area (Å²) in [6.45, 7) is 4.41. The highest BCUT2D eigenvalue weighted by molar-refractivity contribution is 5.95. The van der Waals surface area contributed by atoms with Crippen LogP contribution in [0.25, 0.3) is 0 Å². The third-order valence-corrected chi connectivity index (χ3v) is 2.93. The molecule has 2 rings (SSSR count). The number of carbonyl (C=O) groups is 1. The lowest BCUT2D eigenvalue weighted by Crippen LogP contribution is -2.22. The molecule has 20 heavy (non-hydrogen) atoms. The number of nitrogens with two attached hydrogens (primary N) is 1. The first-order chi connectivity index (χ1) is 9.61. The molecule has 0 aliphatic carbocycles. The molecule has 2 aromatic rings. The summed E-state index contributed by atoms with van der Waals surface area (Å²) in [5.41, 5.74) is 7.95. The van der Waals surface area contributed by atoms with Crippen molar-refractivity contribution in [3.8, 4) is 11.5 Å². The van der Waals surface area contributed by atoms with E-state index in [4.69, 9.17) is 10.5 Å². The van der Waals surface area contributed by atoms with Crippen LogP contribution in [0.5, 0.6) is 11.5 Å². The second-order valence-electron chi connectivity index (χ2n) is 4.48. The number of amides is 1. The summed E-state index contributed by atoms with van der Waals surface area (Å²) in [7, 11) is 0. The minimum atomic E-state index is -0.137. The molecule has 2 aromatic carbocycles. The monoisotopic (exact) mass is 270 g/mol. The van der Waals surface area contributed by atoms with E-state index in [1.807, 2.05) is 38.1 Å². The molecule has 0 atom stereocenters. The van der Waals surface area contributed by atoms with Crippen molar-refractivity contribution < 1.29 is 9.53 Å². The van der Waals surface area contributed by atoms with Crippen LogP contribution in [-0.2, 0) is 0 Å². The number of carbonyl (C=O) groups excluding carboxylic acids is 1. The van der Waals surface area contributed by atoms with E-state index in [2.05, 4.69) is 5.32 Å². The predicted octanol–water partition coefficient (Wildman–Crippen LogP) is 3.12. The van der Waals surface area contributed by atoms with Gasteiger partial charge in [-0.05, 0) is 43.7 Å². The van der Waals surface area contributed by atoms with E-state index in [-0.39, 0.29) is 5.91 Å². The van der Waals surface area contributed by atoms with Gasteiger partial charge in [-0.1, -0.05) is 18.2 Å². The standard InChI is InChI=1S/C16H18N2O2/c1-3-18-16(19)12-8-9-13(17)15(10-12)20-14-7-5-4-6-11(14)2/h4-10H,3,17H2,1-2H3,(H,18,19). The number of para-hydroxylation sites is 1. The van der Waals surface area contributed by atoms with Gasteiger partial charge in [-0.15, -0.1) is 0 Å². The SMILES string of the molecule is CCNC(=O)c1ccc(N)c(Oc2ccccc2C)c1. The average molecular weight is 270 g/mol. The van der Waals surface area contributed by atoms with E-state index in [1.165, 1.54) is 0 Å². The number of nitrogens with one attached hydrogen (secondary N) is 1. The summed E-state index contributed by atoms with van der Waals surface area (Å²) in [5, 5.41) is 2.75. The van der Waals surface area contributed by atoms with Crippen molar-refractivity contribution in [2.45, 2.75) is 13.8 Å². The first-order valence-corrected chi connectivity index (χ1v) is 6.53. The summed E-state index contributed by atoms with van der Waals surface area (Å²) in [5.74, 6) is 1.08. The highest BCUT2D eigenvalue weighted by Gasteiger charge is 2.10. The number of anilines is 1. The number of hydrogen-bond acceptors (Lipinski definition) is 3. The molecule has 104 valence electrons. The normalized spacial score (nSPS) is 10.1. The molecule has 0 spiro atoms. The third-order valence-electron chi connectivity index (χ3n) is 2.93. The minimum absolute atomic E-state index is 0.137. The number of rotatable bonds is 4. The van der Waals surface area contributed by atoms with Gasteiger partial charge >= 0.3 is 0 Å². The number of benzene rings is 2. The largest absolute Gasteiger partial charge is 0.455 e. The summed E-state index contributed by atoms with van der Waals surface area (Å²) >= 11 is 0. The molecule has 0 fully saturated rings. The summed E-state index contributed by atoms with van der Waals surface area (Å²) in [4.78, 5) is 11.8. The van der Waals surface area contributed by atoms with E-state index >= 15 is 0 Å². The van der Waals surface area contributed by atoms with Crippen molar-refractivity contribution in [2.24, 2.45) is 0 Å². The third kappa shape index (κ3) is 3.09. The predicted molar refractivity (Wildman–Crippen MR) is 80.1 cm³/mol. The molecule has 0 aliphatic rings. The molecule has 1 amide bonds. The number of aryl methyl sites for hydroxylation is 1. The van der Waals surface area contributed by atoms with Crippen LogP contribution in [0.15, 0.2) is 42.5 Å². The lowest BCUT2D eigenvalue weighted by molar-refractivity contribution is 0.0955. The van der Waals surface area contributed by atoms with Gasteiger partial charge in [0.1, 0.15) is 5.75 Å². The van der Waals surface area contributed by atoms with E-state index in [9.17, 15) is 4.79 Å². The van der Waals surface area contributed by atoms with E-state index in [0.717, 1.165) is 11.3 Å². The van der Waals surface area contributed by atoms with Gasteiger partial charge in [0, 0.05) is 12.1 Å². The Labute approximate surface area is 118 Å². The van der Waals surface area contributed by atoms with E-state index in [0.29, 0.717) is 23.5 Å². The topological polar surface area (TPSA) is 64.4 Å². The fraction of sp³-hybridized carbons (Fsp3) is 0.188. The molecule has 0 saturated heterocycles. The number of nitrogen functional groups attached to an aromatic ring is 1. The van der Waals surface area contributed by atoms with Crippen molar-refractivity contribution in [3.63, 3.8) is 0 Å². The van der Waals surface area contributed by atoms with Gasteiger partial charge in [0.05, 0.1) is 5.69 Å². The van der Waals surface area contributed by atoms with Crippen LogP contribution < -0.4 is 15.8 Å². The smallest absolute Gasteiger partial charge is 0.251 e. The fourth-order valence-electron chi connectivity index (χ4n) is 1.82. The van der Waals surface area contributed by atoms with Crippen LogP contribution >= 0.6 is 0 Å². The molecular formula is C16H18N2O2. The van der Waals surface area contributed by atoms with Crippen LogP contribution in [0.3, 0.4) is 0 Å². The second-order valence-corrected chi connectivity index (χ2v) is 4.48. The zero-order chi connectivity index (χ0) is 14.5.